The maximum absolute atomic E-state index is 13.8. The highest BCUT2D eigenvalue weighted by Crippen LogP contribution is 2.39. The maximum Gasteiger partial charge on any atom is 0.178 e. The van der Waals surface area contributed by atoms with Gasteiger partial charge in [0.15, 0.2) is 5.78 Å². The first-order chi connectivity index (χ1) is 20.7. The van der Waals surface area contributed by atoms with Crippen LogP contribution in [0.5, 0.6) is 0 Å². The molecule has 2 N–H and O–H groups in total. The summed E-state index contributed by atoms with van der Waals surface area (Å²) in [5, 5.41) is 26.1. The summed E-state index contributed by atoms with van der Waals surface area (Å²) in [5.41, 5.74) is 8.42. The number of aromatic nitrogens is 3. The lowest BCUT2D eigenvalue weighted by Crippen LogP contribution is -2.37. The number of carbonyl (C=O) groups excluding carboxylic acids is 1. The number of hydrogen-bond acceptors (Lipinski definition) is 7. The first-order valence-corrected chi connectivity index (χ1v) is 15.7. The second-order valence-corrected chi connectivity index (χ2v) is 13.7. The van der Waals surface area contributed by atoms with Gasteiger partial charge in [-0.1, -0.05) is 45.0 Å². The quantitative estimate of drug-likeness (QED) is 0.353. The number of carbonyl (C=O) groups is 1. The fraction of sp³-hybridized carbons (Fsp3) is 0.514. The number of nitriles is 1. The van der Waals surface area contributed by atoms with Crippen LogP contribution in [0.2, 0.25) is 0 Å². The largest absolute Gasteiger partial charge is 0.393 e. The fourth-order valence-corrected chi connectivity index (χ4v) is 6.90. The van der Waals surface area contributed by atoms with E-state index in [-0.39, 0.29) is 23.2 Å². The zero-order valence-electron chi connectivity index (χ0n) is 25.6. The van der Waals surface area contributed by atoms with Gasteiger partial charge in [-0.3, -0.25) is 14.9 Å². The summed E-state index contributed by atoms with van der Waals surface area (Å²) in [6, 6.07) is 12.5. The molecule has 0 saturated carbocycles. The van der Waals surface area contributed by atoms with Crippen LogP contribution >= 0.6 is 0 Å². The molecule has 224 valence electrons. The number of rotatable bonds is 8. The normalized spacial score (nSPS) is 19.8. The average Bonchev–Trinajstić information content (AvgIpc) is 3.65. The molecule has 0 bridgehead atoms. The van der Waals surface area contributed by atoms with E-state index in [4.69, 9.17) is 9.98 Å². The molecule has 8 nitrogen and oxygen atoms in total. The van der Waals surface area contributed by atoms with E-state index in [9.17, 15) is 15.2 Å². The number of aryl methyl sites for hydroxylation is 1. The summed E-state index contributed by atoms with van der Waals surface area (Å²) < 4.78 is 0. The van der Waals surface area contributed by atoms with Gasteiger partial charge in [-0.05, 0) is 85.1 Å². The van der Waals surface area contributed by atoms with Gasteiger partial charge in [-0.15, -0.1) is 0 Å². The molecule has 2 aliphatic heterocycles. The van der Waals surface area contributed by atoms with Gasteiger partial charge in [0, 0.05) is 37.2 Å². The number of Topliss-reactive ketones (excluding diaryl/α,β-unsaturated/α-hetero) is 1. The predicted octanol–water partition coefficient (Wildman–Crippen LogP) is 5.71. The summed E-state index contributed by atoms with van der Waals surface area (Å²) in [5.74, 6) is 0.753. The third kappa shape index (κ3) is 6.48. The number of aliphatic imine (C=N–C) groups is 1. The van der Waals surface area contributed by atoms with Gasteiger partial charge in [-0.2, -0.15) is 10.4 Å². The molecule has 1 aliphatic carbocycles. The Morgan fingerprint density at radius 2 is 1.93 bits per heavy atom. The monoisotopic (exact) mass is 578 g/mol. The molecule has 6 rings (SSSR count). The first kappa shape index (κ1) is 29.4. The highest BCUT2D eigenvalue weighted by Gasteiger charge is 2.32. The zero-order chi connectivity index (χ0) is 30.1. The van der Waals surface area contributed by atoms with Crippen molar-refractivity contribution in [2.75, 3.05) is 19.6 Å². The number of hydrogen-bond donors (Lipinski definition) is 2. The number of piperidine rings is 1. The van der Waals surface area contributed by atoms with Crippen LogP contribution < -0.4 is 0 Å². The Labute approximate surface area is 254 Å². The van der Waals surface area contributed by atoms with Gasteiger partial charge in [0.2, 0.25) is 0 Å². The topological polar surface area (TPSA) is 118 Å². The van der Waals surface area contributed by atoms with E-state index >= 15 is 0 Å². The number of benzene rings is 1. The Morgan fingerprint density at radius 1 is 1.16 bits per heavy atom. The van der Waals surface area contributed by atoms with Gasteiger partial charge in [0.05, 0.1) is 29.4 Å². The molecular weight excluding hydrogens is 536 g/mol. The summed E-state index contributed by atoms with van der Waals surface area (Å²) in [4.78, 5) is 26.0. The van der Waals surface area contributed by atoms with Crippen molar-refractivity contribution in [3.8, 4) is 17.2 Å². The Kier molecular flexibility index (Phi) is 8.30. The Balaban J connectivity index is 1.19. The van der Waals surface area contributed by atoms with Gasteiger partial charge < -0.3 is 10.0 Å². The molecule has 1 saturated heterocycles. The van der Waals surface area contributed by atoms with Crippen LogP contribution in [-0.2, 0) is 24.1 Å². The number of fused-ring (bicyclic) bond motifs is 2. The van der Waals surface area contributed by atoms with E-state index in [0.29, 0.717) is 30.2 Å². The molecule has 0 spiro atoms. The highest BCUT2D eigenvalue weighted by molar-refractivity contribution is 6.41. The van der Waals surface area contributed by atoms with Crippen molar-refractivity contribution in [3.05, 3.63) is 64.7 Å². The van der Waals surface area contributed by atoms with Crippen molar-refractivity contribution in [3.63, 3.8) is 0 Å². The van der Waals surface area contributed by atoms with Crippen LogP contribution in [0.4, 0.5) is 5.69 Å². The second kappa shape index (κ2) is 12.1. The number of likely N-dealkylation sites (tertiary alicyclic amines) is 1. The molecule has 3 aliphatic rings. The number of aromatic amines is 1. The van der Waals surface area contributed by atoms with Crippen molar-refractivity contribution < 1.29 is 9.90 Å². The lowest BCUT2D eigenvalue weighted by molar-refractivity contribution is -0.113. The van der Waals surface area contributed by atoms with E-state index in [1.807, 2.05) is 12.1 Å². The van der Waals surface area contributed by atoms with Gasteiger partial charge in [-0.25, -0.2) is 4.99 Å². The van der Waals surface area contributed by atoms with E-state index in [1.165, 1.54) is 11.3 Å². The minimum atomic E-state index is -0.206. The molecule has 43 heavy (non-hydrogen) atoms. The van der Waals surface area contributed by atoms with Crippen molar-refractivity contribution in [1.29, 1.82) is 5.26 Å². The van der Waals surface area contributed by atoms with Crippen LogP contribution in [0.25, 0.3) is 11.1 Å². The molecule has 8 heteroatoms. The number of aliphatic hydroxyl groups excluding tert-OH is 1. The van der Waals surface area contributed by atoms with Crippen molar-refractivity contribution in [1.82, 2.24) is 20.1 Å². The van der Waals surface area contributed by atoms with Crippen LogP contribution in [0, 0.1) is 22.7 Å². The second-order valence-electron chi connectivity index (χ2n) is 13.7. The van der Waals surface area contributed by atoms with E-state index in [0.717, 1.165) is 86.2 Å². The van der Waals surface area contributed by atoms with Crippen molar-refractivity contribution in [2.24, 2.45) is 16.3 Å². The van der Waals surface area contributed by atoms with Crippen LogP contribution in [0.3, 0.4) is 0 Å². The Morgan fingerprint density at radius 3 is 2.65 bits per heavy atom. The third-order valence-corrected chi connectivity index (χ3v) is 9.81. The molecule has 2 aromatic heterocycles. The van der Waals surface area contributed by atoms with Crippen LogP contribution in [0.15, 0.2) is 41.5 Å². The summed E-state index contributed by atoms with van der Waals surface area (Å²) in [7, 11) is 0. The SMILES string of the molecule is CC(C)(C)[C@H]1CCc2nc3c(cc2C1)N=C(C(=O)C[C@H](CCN1CCC(O)CC1)c1ccc(-c2cn[nH]c2C#N)cc1)C3. The smallest absolute Gasteiger partial charge is 0.178 e. The lowest BCUT2D eigenvalue weighted by atomic mass is 9.71. The first-order valence-electron chi connectivity index (χ1n) is 15.7. The molecule has 1 fully saturated rings. The Bertz CT molecular complexity index is 1550. The summed E-state index contributed by atoms with van der Waals surface area (Å²) >= 11 is 0. The number of pyridine rings is 1. The zero-order valence-corrected chi connectivity index (χ0v) is 25.6. The van der Waals surface area contributed by atoms with Crippen LogP contribution in [-0.4, -0.2) is 62.4 Å². The van der Waals surface area contributed by atoms with Gasteiger partial charge in [0.1, 0.15) is 11.8 Å². The molecule has 0 unspecified atom stereocenters. The molecule has 0 radical (unpaired) electrons. The molecule has 0 amide bonds. The van der Waals surface area contributed by atoms with E-state index in [1.54, 1.807) is 6.20 Å². The minimum Gasteiger partial charge on any atom is -0.393 e. The average molecular weight is 579 g/mol. The maximum atomic E-state index is 13.8. The molecular formula is C35H42N6O2. The minimum absolute atomic E-state index is 0.0355. The number of ketones is 1. The molecule has 3 aromatic rings. The lowest BCUT2D eigenvalue weighted by Gasteiger charge is -2.34. The fourth-order valence-electron chi connectivity index (χ4n) is 6.90. The molecule has 4 heterocycles. The number of aliphatic hydroxyl groups is 1. The third-order valence-electron chi connectivity index (χ3n) is 9.81. The molecule has 2 atom stereocenters. The highest BCUT2D eigenvalue weighted by atomic mass is 16.3. The van der Waals surface area contributed by atoms with Crippen LogP contribution in [0.1, 0.15) is 87.0 Å². The Hall–Kier alpha value is -3.67. The van der Waals surface area contributed by atoms with Gasteiger partial charge in [0.25, 0.3) is 0 Å². The number of nitrogens with one attached hydrogen (secondary N) is 1. The number of H-pyrrole nitrogens is 1. The standard InChI is InChI=1S/C35H42N6O2/c1-35(2,3)26-8-9-29-25(16-26)17-30-31(38-29)19-32(39-30)34(43)18-24(10-13-41-14-11-27(42)12-15-41)22-4-6-23(7-5-22)28-21-37-40-33(28)20-36/h4-7,17,21,24,26-27,42H,8-16,18-19H2,1-3H3,(H,37,40)/t24-,26-/m0/s1. The van der Waals surface area contributed by atoms with Crippen molar-refractivity contribution >= 4 is 17.2 Å². The molecule has 1 aromatic carbocycles. The van der Waals surface area contributed by atoms with E-state index < -0.39 is 0 Å². The number of nitrogens with zero attached hydrogens (tertiary/aromatic N) is 5. The summed E-state index contributed by atoms with van der Waals surface area (Å²) in [6.07, 6.45) is 7.99. The summed E-state index contributed by atoms with van der Waals surface area (Å²) in [6.45, 7) is 9.59. The van der Waals surface area contributed by atoms with E-state index in [2.05, 4.69) is 60.1 Å². The van der Waals surface area contributed by atoms with Gasteiger partial charge >= 0.3 is 0 Å². The predicted molar refractivity (Wildman–Crippen MR) is 167 cm³/mol. The van der Waals surface area contributed by atoms with Crippen molar-refractivity contribution in [2.45, 2.75) is 84.2 Å².